The van der Waals surface area contributed by atoms with Crippen LogP contribution < -0.4 is 10.1 Å². The van der Waals surface area contributed by atoms with Gasteiger partial charge in [-0.15, -0.1) is 0 Å². The molecule has 3 heterocycles. The van der Waals surface area contributed by atoms with Gasteiger partial charge in [-0.3, -0.25) is 9.67 Å². The van der Waals surface area contributed by atoms with Crippen LogP contribution in [-0.4, -0.2) is 32.5 Å². The Hall–Kier alpha value is -3.00. The van der Waals surface area contributed by atoms with Gasteiger partial charge in [-0.2, -0.15) is 5.10 Å². The molecule has 0 bridgehead atoms. The Morgan fingerprint density at radius 1 is 1.18 bits per heavy atom. The summed E-state index contributed by atoms with van der Waals surface area (Å²) in [5.41, 5.74) is 2.54. The fraction of sp³-hybridized carbons (Fsp3) is 0.423. The maximum Gasteiger partial charge on any atom is 0.184 e. The molecular weight excluding hydrogens is 449 g/mol. The van der Waals surface area contributed by atoms with E-state index in [0.717, 1.165) is 38.3 Å². The number of hydrogen-bond acceptors (Lipinski definition) is 6. The van der Waals surface area contributed by atoms with E-state index in [1.165, 1.54) is 32.1 Å². The van der Waals surface area contributed by atoms with Crippen LogP contribution in [0.15, 0.2) is 48.9 Å². The minimum Gasteiger partial charge on any atom is -0.457 e. The standard InChI is InChI=1S/C25H28FN5OS.CH4/c1-17(18-5-3-2-4-6-18)29-25-30-22-8-7-20(14-24(22)33-25)32-21-9-11-27-23(13-21)19-15-28-31(16-19)12-10-26;/h7-9,11,13-18H,2-6,10,12H2,1H3,(H,29,30);1H4/t17-;/m0./s1. The Morgan fingerprint density at radius 2 is 2.00 bits per heavy atom. The van der Waals surface area contributed by atoms with E-state index in [9.17, 15) is 4.39 Å². The summed E-state index contributed by atoms with van der Waals surface area (Å²) in [6.45, 7) is 2.06. The predicted molar refractivity (Wildman–Crippen MR) is 138 cm³/mol. The smallest absolute Gasteiger partial charge is 0.184 e. The van der Waals surface area contributed by atoms with Gasteiger partial charge in [-0.05, 0) is 43.9 Å². The number of aryl methyl sites for hydroxylation is 1. The SMILES string of the molecule is C.C[C@H](Nc1nc2ccc(Oc3ccnc(-c4cnn(CCF)c4)c3)cc2s1)C1CCCCC1. The molecule has 3 aromatic heterocycles. The summed E-state index contributed by atoms with van der Waals surface area (Å²) in [6, 6.07) is 10.1. The Bertz CT molecular complexity index is 1220. The summed E-state index contributed by atoms with van der Waals surface area (Å²) in [6.07, 6.45) is 11.9. The molecule has 1 aromatic carbocycles. The number of nitrogens with zero attached hydrogens (tertiary/aromatic N) is 4. The van der Waals surface area contributed by atoms with Crippen molar-refractivity contribution in [3.8, 4) is 22.8 Å². The minimum atomic E-state index is -0.450. The molecule has 0 spiro atoms. The fourth-order valence-electron chi connectivity index (χ4n) is 4.45. The predicted octanol–water partition coefficient (Wildman–Crippen LogP) is 7.33. The largest absolute Gasteiger partial charge is 0.457 e. The van der Waals surface area contributed by atoms with Crippen LogP contribution in [0.1, 0.15) is 46.5 Å². The number of ether oxygens (including phenoxy) is 1. The van der Waals surface area contributed by atoms with Crippen molar-refractivity contribution in [2.24, 2.45) is 5.92 Å². The second kappa shape index (κ2) is 11.0. The zero-order valence-corrected chi connectivity index (χ0v) is 19.5. The number of hydrogen-bond donors (Lipinski definition) is 1. The van der Waals surface area contributed by atoms with E-state index in [1.54, 1.807) is 34.6 Å². The molecule has 1 atom stereocenters. The third kappa shape index (κ3) is 5.55. The van der Waals surface area contributed by atoms with Crippen LogP contribution in [0.3, 0.4) is 0 Å². The molecule has 1 aliphatic rings. The molecule has 0 saturated heterocycles. The van der Waals surface area contributed by atoms with Gasteiger partial charge < -0.3 is 10.1 Å². The summed E-state index contributed by atoms with van der Waals surface area (Å²) in [4.78, 5) is 9.17. The lowest BCUT2D eigenvalue weighted by molar-refractivity contribution is 0.328. The fourth-order valence-corrected chi connectivity index (χ4v) is 5.44. The van der Waals surface area contributed by atoms with Gasteiger partial charge >= 0.3 is 0 Å². The van der Waals surface area contributed by atoms with Crippen LogP contribution in [0, 0.1) is 5.92 Å². The number of thiazole rings is 1. The normalized spacial score (nSPS) is 15.1. The highest BCUT2D eigenvalue weighted by molar-refractivity contribution is 7.22. The van der Waals surface area contributed by atoms with Crippen molar-refractivity contribution in [1.82, 2.24) is 19.7 Å². The zero-order chi connectivity index (χ0) is 22.6. The molecule has 4 aromatic rings. The van der Waals surface area contributed by atoms with Gasteiger partial charge in [0.25, 0.3) is 0 Å². The zero-order valence-electron chi connectivity index (χ0n) is 18.7. The maximum absolute atomic E-state index is 12.6. The number of rotatable bonds is 8. The molecule has 0 amide bonds. The third-order valence-electron chi connectivity index (χ3n) is 6.28. The molecule has 34 heavy (non-hydrogen) atoms. The van der Waals surface area contributed by atoms with Gasteiger partial charge in [-0.1, -0.05) is 38.0 Å². The van der Waals surface area contributed by atoms with Crippen LogP contribution in [0.25, 0.3) is 21.5 Å². The minimum absolute atomic E-state index is 0. The Morgan fingerprint density at radius 3 is 2.82 bits per heavy atom. The molecular formula is C26H32FN5OS. The number of aromatic nitrogens is 4. The topological polar surface area (TPSA) is 64.9 Å². The second-order valence-corrected chi connectivity index (χ2v) is 9.67. The van der Waals surface area contributed by atoms with Crippen LogP contribution in [-0.2, 0) is 6.54 Å². The maximum atomic E-state index is 12.6. The first-order valence-corrected chi connectivity index (χ1v) is 12.4. The first kappa shape index (κ1) is 24.1. The summed E-state index contributed by atoms with van der Waals surface area (Å²) in [5, 5.41) is 8.77. The highest BCUT2D eigenvalue weighted by Gasteiger charge is 2.21. The Labute approximate surface area is 204 Å². The number of halogens is 1. The first-order valence-electron chi connectivity index (χ1n) is 11.6. The molecule has 0 aliphatic heterocycles. The number of pyridine rings is 1. The molecule has 0 unspecified atom stereocenters. The summed E-state index contributed by atoms with van der Waals surface area (Å²) >= 11 is 1.67. The van der Waals surface area contributed by atoms with E-state index in [4.69, 9.17) is 9.72 Å². The molecule has 1 saturated carbocycles. The summed E-state index contributed by atoms with van der Waals surface area (Å²) < 4.78 is 21.3. The Kier molecular flexibility index (Phi) is 7.77. The van der Waals surface area contributed by atoms with E-state index in [1.807, 2.05) is 30.3 Å². The van der Waals surface area contributed by atoms with E-state index in [-0.39, 0.29) is 14.0 Å². The van der Waals surface area contributed by atoms with Crippen LogP contribution in [0.2, 0.25) is 0 Å². The number of benzene rings is 1. The molecule has 1 fully saturated rings. The summed E-state index contributed by atoms with van der Waals surface area (Å²) in [5.74, 6) is 2.17. The third-order valence-corrected chi connectivity index (χ3v) is 7.23. The number of anilines is 1. The van der Waals surface area contributed by atoms with Gasteiger partial charge in [0.15, 0.2) is 5.13 Å². The van der Waals surface area contributed by atoms with Crippen molar-refractivity contribution in [2.75, 3.05) is 12.0 Å². The van der Waals surface area contributed by atoms with Gasteiger partial charge in [0.1, 0.15) is 18.2 Å². The van der Waals surface area contributed by atoms with Crippen molar-refractivity contribution in [2.45, 2.75) is 59.0 Å². The van der Waals surface area contributed by atoms with Gasteiger partial charge in [-0.25, -0.2) is 9.37 Å². The molecule has 1 N–H and O–H groups in total. The van der Waals surface area contributed by atoms with E-state index >= 15 is 0 Å². The summed E-state index contributed by atoms with van der Waals surface area (Å²) in [7, 11) is 0. The highest BCUT2D eigenvalue weighted by Crippen LogP contribution is 2.34. The average molecular weight is 482 g/mol. The molecule has 8 heteroatoms. The molecule has 5 rings (SSSR count). The number of nitrogens with one attached hydrogen (secondary N) is 1. The van der Waals surface area contributed by atoms with Crippen molar-refractivity contribution >= 4 is 26.7 Å². The van der Waals surface area contributed by atoms with Crippen LogP contribution in [0.5, 0.6) is 11.5 Å². The monoisotopic (exact) mass is 481 g/mol. The second-order valence-electron chi connectivity index (χ2n) is 8.64. The first-order chi connectivity index (χ1) is 16.2. The lowest BCUT2D eigenvalue weighted by atomic mass is 9.85. The Balaban J connectivity index is 0.00000274. The average Bonchev–Trinajstić information content (AvgIpc) is 3.46. The quantitative estimate of drug-likeness (QED) is 0.285. The number of fused-ring (bicyclic) bond motifs is 1. The molecule has 180 valence electrons. The van der Waals surface area contributed by atoms with E-state index in [2.05, 4.69) is 22.3 Å². The van der Waals surface area contributed by atoms with Gasteiger partial charge in [0, 0.05) is 36.1 Å². The van der Waals surface area contributed by atoms with E-state index in [0.29, 0.717) is 11.8 Å². The van der Waals surface area contributed by atoms with Crippen molar-refractivity contribution < 1.29 is 9.13 Å². The highest BCUT2D eigenvalue weighted by atomic mass is 32.1. The van der Waals surface area contributed by atoms with Crippen molar-refractivity contribution in [3.05, 3.63) is 48.9 Å². The van der Waals surface area contributed by atoms with Crippen LogP contribution >= 0.6 is 11.3 Å². The van der Waals surface area contributed by atoms with Crippen LogP contribution in [0.4, 0.5) is 9.52 Å². The molecule has 6 nitrogen and oxygen atoms in total. The lowest BCUT2D eigenvalue weighted by Gasteiger charge is -2.28. The lowest BCUT2D eigenvalue weighted by Crippen LogP contribution is -2.27. The van der Waals surface area contributed by atoms with Crippen molar-refractivity contribution in [3.63, 3.8) is 0 Å². The van der Waals surface area contributed by atoms with Gasteiger partial charge in [0.2, 0.25) is 0 Å². The molecule has 0 radical (unpaired) electrons. The van der Waals surface area contributed by atoms with Gasteiger partial charge in [0.05, 0.1) is 28.7 Å². The molecule has 1 aliphatic carbocycles. The number of alkyl halides is 1. The van der Waals surface area contributed by atoms with E-state index < -0.39 is 6.67 Å². The van der Waals surface area contributed by atoms with Crippen molar-refractivity contribution in [1.29, 1.82) is 0 Å².